The molecule has 0 aliphatic heterocycles. The molecule has 1 N–H and O–H groups in total. The first-order chi connectivity index (χ1) is 9.45. The third kappa shape index (κ3) is 3.15. The van der Waals surface area contributed by atoms with Crippen LogP contribution in [0.25, 0.3) is 0 Å². The SMILES string of the molecule is COC(=O)c1scc(C)c1NS(=O)(=O)C1CCCCC1. The van der Waals surface area contributed by atoms with Crippen LogP contribution in [0, 0.1) is 6.92 Å². The Morgan fingerprint density at radius 2 is 2.00 bits per heavy atom. The second-order valence-corrected chi connectivity index (χ2v) is 7.86. The lowest BCUT2D eigenvalue weighted by Gasteiger charge is -2.22. The summed E-state index contributed by atoms with van der Waals surface area (Å²) in [6.07, 6.45) is 4.35. The molecule has 7 heteroatoms. The van der Waals surface area contributed by atoms with E-state index in [1.165, 1.54) is 18.4 Å². The average Bonchev–Trinajstić information content (AvgIpc) is 2.80. The number of carbonyl (C=O) groups is 1. The van der Waals surface area contributed by atoms with Crippen LogP contribution in [0.3, 0.4) is 0 Å². The number of hydrogen-bond donors (Lipinski definition) is 1. The third-order valence-electron chi connectivity index (χ3n) is 3.58. The molecule has 1 aliphatic rings. The van der Waals surface area contributed by atoms with Gasteiger partial charge in [-0.3, -0.25) is 4.72 Å². The maximum absolute atomic E-state index is 12.4. The second-order valence-electron chi connectivity index (χ2n) is 5.02. The molecule has 0 atom stereocenters. The molecule has 1 heterocycles. The Morgan fingerprint density at radius 1 is 1.35 bits per heavy atom. The molecular weight excluding hydrogens is 298 g/mol. The van der Waals surface area contributed by atoms with Gasteiger partial charge in [-0.15, -0.1) is 11.3 Å². The molecule has 0 aromatic carbocycles. The Hall–Kier alpha value is -1.08. The first-order valence-corrected chi connectivity index (χ1v) is 9.06. The average molecular weight is 317 g/mol. The number of nitrogens with one attached hydrogen (secondary N) is 1. The standard InChI is InChI=1S/C13H19NO4S2/c1-9-8-19-12(13(15)18-2)11(9)14-20(16,17)10-6-4-3-5-7-10/h8,10,14H,3-7H2,1-2H3. The van der Waals surface area contributed by atoms with Gasteiger partial charge in [-0.1, -0.05) is 19.3 Å². The molecule has 1 aliphatic carbocycles. The van der Waals surface area contributed by atoms with Crippen molar-refractivity contribution in [2.24, 2.45) is 0 Å². The topological polar surface area (TPSA) is 72.5 Å². The van der Waals surface area contributed by atoms with Gasteiger partial charge in [0.1, 0.15) is 4.88 Å². The molecular formula is C13H19NO4S2. The van der Waals surface area contributed by atoms with E-state index in [9.17, 15) is 13.2 Å². The van der Waals surface area contributed by atoms with Gasteiger partial charge in [-0.2, -0.15) is 0 Å². The van der Waals surface area contributed by atoms with Gasteiger partial charge in [0, 0.05) is 0 Å². The van der Waals surface area contributed by atoms with Crippen molar-refractivity contribution in [1.29, 1.82) is 0 Å². The second kappa shape index (κ2) is 6.13. The zero-order chi connectivity index (χ0) is 14.8. The zero-order valence-electron chi connectivity index (χ0n) is 11.6. The summed E-state index contributed by atoms with van der Waals surface area (Å²) in [7, 11) is -2.16. The molecule has 5 nitrogen and oxygen atoms in total. The van der Waals surface area contributed by atoms with Crippen LogP contribution >= 0.6 is 11.3 Å². The Kier molecular flexibility index (Phi) is 4.70. The third-order valence-corrected chi connectivity index (χ3v) is 6.50. The lowest BCUT2D eigenvalue weighted by atomic mass is 10.0. The molecule has 0 spiro atoms. The van der Waals surface area contributed by atoms with Gasteiger partial charge >= 0.3 is 5.97 Å². The molecule has 2 rings (SSSR count). The van der Waals surface area contributed by atoms with E-state index in [1.54, 1.807) is 12.3 Å². The first-order valence-electron chi connectivity index (χ1n) is 6.63. The number of aryl methyl sites for hydroxylation is 1. The number of ether oxygens (including phenoxy) is 1. The van der Waals surface area contributed by atoms with E-state index in [2.05, 4.69) is 9.46 Å². The Labute approximate surface area is 123 Å². The summed E-state index contributed by atoms with van der Waals surface area (Å²) in [5, 5.41) is 1.39. The molecule has 1 saturated carbocycles. The fraction of sp³-hybridized carbons (Fsp3) is 0.615. The van der Waals surface area contributed by atoms with Crippen LogP contribution in [0.4, 0.5) is 5.69 Å². The van der Waals surface area contributed by atoms with Crippen molar-refractivity contribution in [3.63, 3.8) is 0 Å². The lowest BCUT2D eigenvalue weighted by Crippen LogP contribution is -2.30. The van der Waals surface area contributed by atoms with Crippen LogP contribution in [0.5, 0.6) is 0 Å². The minimum Gasteiger partial charge on any atom is -0.465 e. The number of carbonyl (C=O) groups excluding carboxylic acids is 1. The molecule has 0 radical (unpaired) electrons. The smallest absolute Gasteiger partial charge is 0.350 e. The summed E-state index contributed by atoms with van der Waals surface area (Å²) in [5.41, 5.74) is 1.11. The Balaban J connectivity index is 2.24. The van der Waals surface area contributed by atoms with Crippen molar-refractivity contribution in [3.8, 4) is 0 Å². The summed E-state index contributed by atoms with van der Waals surface area (Å²) in [4.78, 5) is 12.0. The molecule has 112 valence electrons. The zero-order valence-corrected chi connectivity index (χ0v) is 13.3. The van der Waals surface area contributed by atoms with E-state index in [0.717, 1.165) is 24.8 Å². The highest BCUT2D eigenvalue weighted by Gasteiger charge is 2.29. The van der Waals surface area contributed by atoms with E-state index in [-0.39, 0.29) is 5.25 Å². The van der Waals surface area contributed by atoms with Crippen LogP contribution in [-0.2, 0) is 14.8 Å². The number of thiophene rings is 1. The van der Waals surface area contributed by atoms with Crippen LogP contribution in [0.15, 0.2) is 5.38 Å². The van der Waals surface area contributed by atoms with E-state index < -0.39 is 16.0 Å². The lowest BCUT2D eigenvalue weighted by molar-refractivity contribution is 0.0607. The van der Waals surface area contributed by atoms with E-state index in [1.807, 2.05) is 0 Å². The first kappa shape index (κ1) is 15.3. The fourth-order valence-electron chi connectivity index (χ4n) is 2.41. The minimum atomic E-state index is -3.44. The quantitative estimate of drug-likeness (QED) is 0.867. The maximum Gasteiger partial charge on any atom is 0.350 e. The Bertz CT molecular complexity index is 586. The van der Waals surface area contributed by atoms with Gasteiger partial charge in [0.05, 0.1) is 18.0 Å². The summed E-state index contributed by atoms with van der Waals surface area (Å²) in [6.45, 7) is 1.78. The number of methoxy groups -OCH3 is 1. The molecule has 0 saturated heterocycles. The summed E-state index contributed by atoms with van der Waals surface area (Å²) in [6, 6.07) is 0. The van der Waals surface area contributed by atoms with Crippen molar-refractivity contribution >= 4 is 33.0 Å². The van der Waals surface area contributed by atoms with Gasteiger partial charge < -0.3 is 4.74 Å². The number of sulfonamides is 1. The molecule has 1 fully saturated rings. The molecule has 1 aromatic rings. The minimum absolute atomic E-state index is 0.310. The molecule has 0 bridgehead atoms. The monoisotopic (exact) mass is 317 g/mol. The highest BCUT2D eigenvalue weighted by molar-refractivity contribution is 7.93. The normalized spacial score (nSPS) is 16.9. The van der Waals surface area contributed by atoms with Gasteiger partial charge in [0.2, 0.25) is 10.0 Å². The van der Waals surface area contributed by atoms with Crippen molar-refractivity contribution in [3.05, 3.63) is 15.8 Å². The summed E-state index contributed by atoms with van der Waals surface area (Å²) >= 11 is 1.19. The van der Waals surface area contributed by atoms with Gasteiger partial charge in [-0.25, -0.2) is 13.2 Å². The van der Waals surface area contributed by atoms with E-state index in [4.69, 9.17) is 0 Å². The molecule has 0 unspecified atom stereocenters. The predicted molar refractivity (Wildman–Crippen MR) is 79.8 cm³/mol. The largest absolute Gasteiger partial charge is 0.465 e. The van der Waals surface area contributed by atoms with Crippen LogP contribution in [0.2, 0.25) is 0 Å². The number of hydrogen-bond acceptors (Lipinski definition) is 5. The van der Waals surface area contributed by atoms with Crippen molar-refractivity contribution in [2.45, 2.75) is 44.3 Å². The van der Waals surface area contributed by atoms with Crippen molar-refractivity contribution < 1.29 is 17.9 Å². The maximum atomic E-state index is 12.4. The molecule has 1 aromatic heterocycles. The van der Waals surface area contributed by atoms with Gasteiger partial charge in [-0.05, 0) is 30.7 Å². The van der Waals surface area contributed by atoms with E-state index in [0.29, 0.717) is 23.4 Å². The number of esters is 1. The highest BCUT2D eigenvalue weighted by Crippen LogP contribution is 2.32. The fourth-order valence-corrected chi connectivity index (χ4v) is 5.07. The van der Waals surface area contributed by atoms with Gasteiger partial charge in [0.25, 0.3) is 0 Å². The Morgan fingerprint density at radius 3 is 2.60 bits per heavy atom. The molecule has 20 heavy (non-hydrogen) atoms. The van der Waals surface area contributed by atoms with Crippen molar-refractivity contribution in [2.75, 3.05) is 11.8 Å². The summed E-state index contributed by atoms with van der Waals surface area (Å²) < 4.78 is 32.1. The van der Waals surface area contributed by atoms with Crippen LogP contribution in [-0.4, -0.2) is 26.7 Å². The van der Waals surface area contributed by atoms with E-state index >= 15 is 0 Å². The number of rotatable bonds is 4. The van der Waals surface area contributed by atoms with Gasteiger partial charge in [0.15, 0.2) is 0 Å². The van der Waals surface area contributed by atoms with Crippen LogP contribution < -0.4 is 4.72 Å². The molecule has 0 amide bonds. The van der Waals surface area contributed by atoms with Crippen molar-refractivity contribution in [1.82, 2.24) is 0 Å². The number of anilines is 1. The summed E-state index contributed by atoms with van der Waals surface area (Å²) in [5.74, 6) is -0.510. The van der Waals surface area contributed by atoms with Crippen LogP contribution in [0.1, 0.15) is 47.3 Å². The highest BCUT2D eigenvalue weighted by atomic mass is 32.2. The predicted octanol–water partition coefficient (Wildman–Crippen LogP) is 2.92.